The fraction of sp³-hybridized carbons (Fsp3) is 0.350. The van der Waals surface area contributed by atoms with Crippen LogP contribution in [0.5, 0.6) is 0 Å². The van der Waals surface area contributed by atoms with Crippen molar-refractivity contribution in [2.45, 2.75) is 12.8 Å². The average Bonchev–Trinajstić information content (AvgIpc) is 3.01. The second kappa shape index (κ2) is 6.30. The molecule has 2 heterocycles. The summed E-state index contributed by atoms with van der Waals surface area (Å²) >= 11 is 0. The molecular formula is C20H21NO3S. The normalized spacial score (nSPS) is 22.8. The van der Waals surface area contributed by atoms with E-state index < -0.39 is 9.84 Å². The van der Waals surface area contributed by atoms with E-state index in [1.807, 2.05) is 12.1 Å². The van der Waals surface area contributed by atoms with Gasteiger partial charge in [-0.2, -0.15) is 0 Å². The molecule has 130 valence electrons. The Morgan fingerprint density at radius 2 is 1.88 bits per heavy atom. The Balaban J connectivity index is 1.53. The predicted octanol–water partition coefficient (Wildman–Crippen LogP) is 2.89. The molecule has 4 nitrogen and oxygen atoms in total. The van der Waals surface area contributed by atoms with E-state index in [0.717, 1.165) is 6.42 Å². The second-order valence-electron chi connectivity index (χ2n) is 6.89. The second-order valence-corrected chi connectivity index (χ2v) is 9.12. The topological polar surface area (TPSA) is 54.5 Å². The van der Waals surface area contributed by atoms with E-state index in [2.05, 4.69) is 36.4 Å². The van der Waals surface area contributed by atoms with Crippen molar-refractivity contribution in [1.29, 1.82) is 0 Å². The minimum absolute atomic E-state index is 0.00528. The molecule has 2 aromatic rings. The number of nitrogens with zero attached hydrogens (tertiary/aromatic N) is 1. The predicted molar refractivity (Wildman–Crippen MR) is 99.9 cm³/mol. The third-order valence-corrected chi connectivity index (χ3v) is 7.01. The monoisotopic (exact) mass is 355 g/mol. The van der Waals surface area contributed by atoms with Crippen LogP contribution in [0.1, 0.15) is 18.4 Å². The quantitative estimate of drug-likeness (QED) is 0.832. The van der Waals surface area contributed by atoms with Crippen molar-refractivity contribution in [1.82, 2.24) is 4.90 Å². The molecule has 2 aliphatic rings. The van der Waals surface area contributed by atoms with Crippen LogP contribution in [0.4, 0.5) is 0 Å². The van der Waals surface area contributed by atoms with Gasteiger partial charge in [0.15, 0.2) is 9.84 Å². The number of hydrogen-bond donors (Lipinski definition) is 0. The van der Waals surface area contributed by atoms with Crippen LogP contribution in [0.15, 0.2) is 48.5 Å². The van der Waals surface area contributed by atoms with E-state index in [0.29, 0.717) is 19.5 Å². The molecule has 2 aromatic carbocycles. The third kappa shape index (κ3) is 3.21. The first-order valence-corrected chi connectivity index (χ1v) is 10.5. The van der Waals surface area contributed by atoms with E-state index in [1.54, 1.807) is 4.90 Å². The molecule has 1 amide bonds. The van der Waals surface area contributed by atoms with Gasteiger partial charge in [-0.15, -0.1) is 0 Å². The molecule has 0 spiro atoms. The summed E-state index contributed by atoms with van der Waals surface area (Å²) in [5.74, 6) is -0.192. The molecule has 0 saturated carbocycles. The molecule has 0 N–H and O–H groups in total. The van der Waals surface area contributed by atoms with Gasteiger partial charge in [0.1, 0.15) is 0 Å². The number of benzene rings is 2. The van der Waals surface area contributed by atoms with E-state index in [-0.39, 0.29) is 23.3 Å². The van der Waals surface area contributed by atoms with Gasteiger partial charge in [-0.3, -0.25) is 4.79 Å². The number of fused-ring (bicyclic) bond motifs is 1. The van der Waals surface area contributed by atoms with E-state index in [4.69, 9.17) is 0 Å². The Morgan fingerprint density at radius 1 is 1.08 bits per heavy atom. The smallest absolute Gasteiger partial charge is 0.227 e. The van der Waals surface area contributed by atoms with Gasteiger partial charge < -0.3 is 4.90 Å². The van der Waals surface area contributed by atoms with Gasteiger partial charge in [0, 0.05) is 13.1 Å². The van der Waals surface area contributed by atoms with Crippen molar-refractivity contribution < 1.29 is 13.2 Å². The summed E-state index contributed by atoms with van der Waals surface area (Å²) in [7, 11) is -3.02. The largest absolute Gasteiger partial charge is 0.338 e. The van der Waals surface area contributed by atoms with Crippen molar-refractivity contribution in [2.75, 3.05) is 24.6 Å². The van der Waals surface area contributed by atoms with Crippen LogP contribution in [0.25, 0.3) is 16.3 Å². The minimum atomic E-state index is -3.02. The van der Waals surface area contributed by atoms with Crippen LogP contribution >= 0.6 is 0 Å². The summed E-state index contributed by atoms with van der Waals surface area (Å²) in [6.07, 6.45) is 3.39. The van der Waals surface area contributed by atoms with Crippen molar-refractivity contribution in [3.8, 4) is 0 Å². The molecule has 1 saturated heterocycles. The van der Waals surface area contributed by atoms with E-state index >= 15 is 0 Å². The lowest BCUT2D eigenvalue weighted by Crippen LogP contribution is -2.39. The van der Waals surface area contributed by atoms with Gasteiger partial charge in [0.05, 0.1) is 17.4 Å². The van der Waals surface area contributed by atoms with Crippen molar-refractivity contribution in [3.05, 3.63) is 54.1 Å². The molecule has 1 atom stereocenters. The third-order valence-electron chi connectivity index (χ3n) is 5.24. The Bertz CT molecular complexity index is 957. The Labute approximate surface area is 148 Å². The number of rotatable bonds is 2. The summed E-state index contributed by atoms with van der Waals surface area (Å²) in [6, 6.07) is 14.6. The molecule has 25 heavy (non-hydrogen) atoms. The summed E-state index contributed by atoms with van der Waals surface area (Å²) in [5, 5.41) is 2.45. The maximum Gasteiger partial charge on any atom is 0.227 e. The lowest BCUT2D eigenvalue weighted by atomic mass is 9.94. The molecule has 1 unspecified atom stereocenters. The number of amides is 1. The molecule has 0 aromatic heterocycles. The molecule has 2 aliphatic heterocycles. The number of carbonyl (C=O) groups is 1. The van der Waals surface area contributed by atoms with Crippen molar-refractivity contribution in [3.63, 3.8) is 0 Å². The number of sulfone groups is 1. The molecule has 0 bridgehead atoms. The fourth-order valence-electron chi connectivity index (χ4n) is 3.87. The van der Waals surface area contributed by atoms with Crippen LogP contribution in [0, 0.1) is 5.92 Å². The Kier molecular flexibility index (Phi) is 4.12. The van der Waals surface area contributed by atoms with Crippen molar-refractivity contribution in [2.24, 2.45) is 5.92 Å². The molecule has 4 rings (SSSR count). The first-order valence-electron chi connectivity index (χ1n) is 8.70. The molecule has 5 heteroatoms. The summed E-state index contributed by atoms with van der Waals surface area (Å²) in [4.78, 5) is 14.4. The molecule has 1 fully saturated rings. The highest BCUT2D eigenvalue weighted by Gasteiger charge is 2.35. The first kappa shape index (κ1) is 16.3. The van der Waals surface area contributed by atoms with Crippen LogP contribution in [0.2, 0.25) is 0 Å². The van der Waals surface area contributed by atoms with Gasteiger partial charge in [-0.25, -0.2) is 8.42 Å². The van der Waals surface area contributed by atoms with Crippen LogP contribution < -0.4 is 0 Å². The van der Waals surface area contributed by atoms with Crippen LogP contribution in [-0.4, -0.2) is 43.8 Å². The van der Waals surface area contributed by atoms with E-state index in [1.165, 1.54) is 21.9 Å². The molecule has 0 radical (unpaired) electrons. The first-order chi connectivity index (χ1) is 12.0. The lowest BCUT2D eigenvalue weighted by Gasteiger charge is -2.29. The highest BCUT2D eigenvalue weighted by Crippen LogP contribution is 2.30. The Hall–Kier alpha value is -2.14. The zero-order valence-corrected chi connectivity index (χ0v) is 14.8. The summed E-state index contributed by atoms with van der Waals surface area (Å²) in [6.45, 7) is 1.22. The zero-order valence-electron chi connectivity index (χ0n) is 14.0. The van der Waals surface area contributed by atoms with E-state index in [9.17, 15) is 13.2 Å². The van der Waals surface area contributed by atoms with Crippen LogP contribution in [0.3, 0.4) is 0 Å². The number of carbonyl (C=O) groups excluding carboxylic acids is 1. The highest BCUT2D eigenvalue weighted by molar-refractivity contribution is 7.91. The van der Waals surface area contributed by atoms with Crippen LogP contribution in [-0.2, 0) is 14.6 Å². The Morgan fingerprint density at radius 3 is 2.60 bits per heavy atom. The molecular weight excluding hydrogens is 334 g/mol. The van der Waals surface area contributed by atoms with Gasteiger partial charge in [0.2, 0.25) is 5.91 Å². The van der Waals surface area contributed by atoms with Gasteiger partial charge >= 0.3 is 0 Å². The average molecular weight is 355 g/mol. The standard InChI is InChI=1S/C20H21NO3S/c22-20(17-10-13-25(23,24)14-17)21-11-8-16(9-12-21)19-7-3-5-15-4-1-2-6-18(15)19/h1-8,17H,9-14H2. The maximum atomic E-state index is 12.6. The fourth-order valence-corrected chi connectivity index (χ4v) is 5.60. The van der Waals surface area contributed by atoms with Gasteiger partial charge in [0.25, 0.3) is 0 Å². The highest BCUT2D eigenvalue weighted by atomic mass is 32.2. The summed E-state index contributed by atoms with van der Waals surface area (Å²) < 4.78 is 23.2. The molecule has 0 aliphatic carbocycles. The minimum Gasteiger partial charge on any atom is -0.338 e. The van der Waals surface area contributed by atoms with Gasteiger partial charge in [-0.1, -0.05) is 48.5 Å². The summed E-state index contributed by atoms with van der Waals surface area (Å²) in [5.41, 5.74) is 2.49. The lowest BCUT2D eigenvalue weighted by molar-refractivity contribution is -0.134. The maximum absolute atomic E-state index is 12.6. The SMILES string of the molecule is O=C(C1CCS(=O)(=O)C1)N1CC=C(c2cccc3ccccc23)CC1. The van der Waals surface area contributed by atoms with Gasteiger partial charge in [-0.05, 0) is 34.8 Å². The van der Waals surface area contributed by atoms with Crippen molar-refractivity contribution >= 4 is 32.1 Å². The number of hydrogen-bond acceptors (Lipinski definition) is 3. The zero-order chi connectivity index (χ0) is 17.4.